The molecule has 106 valence electrons. The van der Waals surface area contributed by atoms with Gasteiger partial charge in [-0.05, 0) is 64.2 Å². The third-order valence-electron chi connectivity index (χ3n) is 5.11. The Labute approximate surface area is 113 Å². The van der Waals surface area contributed by atoms with Gasteiger partial charge in [-0.25, -0.2) is 0 Å². The van der Waals surface area contributed by atoms with Gasteiger partial charge in [0.15, 0.2) is 0 Å². The molecule has 0 saturated carbocycles. The zero-order valence-corrected chi connectivity index (χ0v) is 12.3. The number of hydrogen-bond donors (Lipinski definition) is 1. The van der Waals surface area contributed by atoms with Crippen LogP contribution >= 0.6 is 0 Å². The molecule has 0 bridgehead atoms. The van der Waals surface area contributed by atoms with Crippen molar-refractivity contribution in [2.45, 2.75) is 58.0 Å². The molecule has 2 heterocycles. The molecule has 3 nitrogen and oxygen atoms in total. The Hall–Kier alpha value is -0.120. The van der Waals surface area contributed by atoms with Crippen molar-refractivity contribution in [3.05, 3.63) is 0 Å². The van der Waals surface area contributed by atoms with Gasteiger partial charge in [0.2, 0.25) is 0 Å². The Morgan fingerprint density at radius 2 is 1.83 bits per heavy atom. The zero-order chi connectivity index (χ0) is 13.0. The standard InChI is InChI=1S/C15H31N3/c1-3-17-9-5-7-14(8-11-17)18-10-4-6-13(2)15(18)12-16/h13-15H,3-12,16H2,1-2H3. The molecule has 0 radical (unpaired) electrons. The first kappa shape index (κ1) is 14.3. The van der Waals surface area contributed by atoms with E-state index in [1.54, 1.807) is 0 Å². The van der Waals surface area contributed by atoms with E-state index in [0.29, 0.717) is 6.04 Å². The summed E-state index contributed by atoms with van der Waals surface area (Å²) in [5.41, 5.74) is 6.03. The highest BCUT2D eigenvalue weighted by Crippen LogP contribution is 2.28. The van der Waals surface area contributed by atoms with Crippen LogP contribution in [0.1, 0.15) is 46.0 Å². The summed E-state index contributed by atoms with van der Waals surface area (Å²) in [6.07, 6.45) is 6.81. The molecule has 3 heteroatoms. The van der Waals surface area contributed by atoms with Crippen molar-refractivity contribution in [1.29, 1.82) is 0 Å². The van der Waals surface area contributed by atoms with Gasteiger partial charge in [-0.3, -0.25) is 4.90 Å². The number of rotatable bonds is 3. The lowest BCUT2D eigenvalue weighted by Crippen LogP contribution is -2.53. The van der Waals surface area contributed by atoms with Gasteiger partial charge in [-0.1, -0.05) is 13.8 Å². The molecule has 0 amide bonds. The molecule has 0 aromatic rings. The normalized spacial score (nSPS) is 36.5. The minimum absolute atomic E-state index is 0.636. The molecule has 18 heavy (non-hydrogen) atoms. The molecule has 2 saturated heterocycles. The van der Waals surface area contributed by atoms with Crippen LogP contribution in [0.5, 0.6) is 0 Å². The lowest BCUT2D eigenvalue weighted by Gasteiger charge is -2.44. The van der Waals surface area contributed by atoms with E-state index in [9.17, 15) is 0 Å². The van der Waals surface area contributed by atoms with Gasteiger partial charge in [0, 0.05) is 18.6 Å². The summed E-state index contributed by atoms with van der Waals surface area (Å²) in [7, 11) is 0. The van der Waals surface area contributed by atoms with Crippen LogP contribution in [0.4, 0.5) is 0 Å². The monoisotopic (exact) mass is 253 g/mol. The van der Waals surface area contributed by atoms with Gasteiger partial charge in [0.25, 0.3) is 0 Å². The molecule has 0 aromatic heterocycles. The summed E-state index contributed by atoms with van der Waals surface area (Å²) in [5, 5.41) is 0. The quantitative estimate of drug-likeness (QED) is 0.834. The Balaban J connectivity index is 1.96. The second-order valence-electron chi connectivity index (χ2n) is 6.18. The van der Waals surface area contributed by atoms with E-state index in [2.05, 4.69) is 23.6 Å². The molecule has 3 unspecified atom stereocenters. The summed E-state index contributed by atoms with van der Waals surface area (Å²) in [5.74, 6) is 0.786. The van der Waals surface area contributed by atoms with Crippen molar-refractivity contribution < 1.29 is 0 Å². The van der Waals surface area contributed by atoms with Gasteiger partial charge in [-0.2, -0.15) is 0 Å². The molecule has 0 aliphatic carbocycles. The first-order valence-electron chi connectivity index (χ1n) is 7.94. The highest BCUT2D eigenvalue weighted by Gasteiger charge is 2.32. The second-order valence-corrected chi connectivity index (χ2v) is 6.18. The van der Waals surface area contributed by atoms with Gasteiger partial charge >= 0.3 is 0 Å². The van der Waals surface area contributed by atoms with E-state index in [1.165, 1.54) is 58.3 Å². The number of hydrogen-bond acceptors (Lipinski definition) is 3. The number of likely N-dealkylation sites (tertiary alicyclic amines) is 2. The Morgan fingerprint density at radius 1 is 1.06 bits per heavy atom. The summed E-state index contributed by atoms with van der Waals surface area (Å²) >= 11 is 0. The topological polar surface area (TPSA) is 32.5 Å². The van der Waals surface area contributed by atoms with Crippen molar-refractivity contribution >= 4 is 0 Å². The van der Waals surface area contributed by atoms with E-state index >= 15 is 0 Å². The average molecular weight is 253 g/mol. The summed E-state index contributed by atoms with van der Waals surface area (Å²) in [6.45, 7) is 10.6. The zero-order valence-electron chi connectivity index (χ0n) is 12.3. The third-order valence-corrected chi connectivity index (χ3v) is 5.11. The fourth-order valence-electron chi connectivity index (χ4n) is 3.89. The molecule has 2 fully saturated rings. The molecule has 3 atom stereocenters. The Kier molecular flexibility index (Phi) is 5.46. The fourth-order valence-corrected chi connectivity index (χ4v) is 3.89. The third kappa shape index (κ3) is 3.25. The SMILES string of the molecule is CCN1CCCC(N2CCCC(C)C2CN)CC1. The van der Waals surface area contributed by atoms with Crippen LogP contribution in [0.3, 0.4) is 0 Å². The maximum absolute atomic E-state index is 6.03. The smallest absolute Gasteiger partial charge is 0.0246 e. The van der Waals surface area contributed by atoms with Crippen LogP contribution in [-0.2, 0) is 0 Å². The minimum Gasteiger partial charge on any atom is -0.329 e. The largest absolute Gasteiger partial charge is 0.329 e. The second kappa shape index (κ2) is 6.88. The lowest BCUT2D eigenvalue weighted by molar-refractivity contribution is 0.0552. The van der Waals surface area contributed by atoms with Crippen LogP contribution in [0.15, 0.2) is 0 Å². The first-order chi connectivity index (χ1) is 8.76. The van der Waals surface area contributed by atoms with Crippen LogP contribution in [-0.4, -0.2) is 54.6 Å². The predicted molar refractivity (Wildman–Crippen MR) is 77.7 cm³/mol. The van der Waals surface area contributed by atoms with Gasteiger partial charge < -0.3 is 10.6 Å². The van der Waals surface area contributed by atoms with Crippen molar-refractivity contribution in [3.63, 3.8) is 0 Å². The van der Waals surface area contributed by atoms with Crippen molar-refractivity contribution in [2.24, 2.45) is 11.7 Å². The van der Waals surface area contributed by atoms with Gasteiger partial charge in [0.1, 0.15) is 0 Å². The number of nitrogens with two attached hydrogens (primary N) is 1. The summed E-state index contributed by atoms with van der Waals surface area (Å²) < 4.78 is 0. The van der Waals surface area contributed by atoms with Crippen molar-refractivity contribution in [3.8, 4) is 0 Å². The Bertz CT molecular complexity index is 244. The van der Waals surface area contributed by atoms with E-state index in [4.69, 9.17) is 5.73 Å². The Morgan fingerprint density at radius 3 is 2.56 bits per heavy atom. The molecular formula is C15H31N3. The fraction of sp³-hybridized carbons (Fsp3) is 1.00. The van der Waals surface area contributed by atoms with E-state index in [0.717, 1.165) is 18.5 Å². The van der Waals surface area contributed by atoms with E-state index in [1.807, 2.05) is 0 Å². The molecule has 2 rings (SSSR count). The van der Waals surface area contributed by atoms with E-state index in [-0.39, 0.29) is 0 Å². The summed E-state index contributed by atoms with van der Waals surface area (Å²) in [6, 6.07) is 1.43. The minimum atomic E-state index is 0.636. The predicted octanol–water partition coefficient (Wildman–Crippen LogP) is 1.92. The van der Waals surface area contributed by atoms with Gasteiger partial charge in [-0.15, -0.1) is 0 Å². The maximum atomic E-state index is 6.03. The lowest BCUT2D eigenvalue weighted by atomic mass is 9.88. The average Bonchev–Trinajstić information content (AvgIpc) is 2.63. The number of piperidine rings is 1. The molecule has 0 spiro atoms. The maximum Gasteiger partial charge on any atom is 0.0246 e. The molecule has 2 N–H and O–H groups in total. The van der Waals surface area contributed by atoms with E-state index < -0.39 is 0 Å². The van der Waals surface area contributed by atoms with Gasteiger partial charge in [0.05, 0.1) is 0 Å². The molecule has 0 aromatic carbocycles. The van der Waals surface area contributed by atoms with Crippen molar-refractivity contribution in [1.82, 2.24) is 9.80 Å². The molecule has 2 aliphatic heterocycles. The van der Waals surface area contributed by atoms with Crippen LogP contribution in [0.2, 0.25) is 0 Å². The molecule has 2 aliphatic rings. The van der Waals surface area contributed by atoms with Crippen LogP contribution in [0.25, 0.3) is 0 Å². The van der Waals surface area contributed by atoms with Crippen molar-refractivity contribution in [2.75, 3.05) is 32.7 Å². The highest BCUT2D eigenvalue weighted by atomic mass is 15.2. The van der Waals surface area contributed by atoms with Crippen LogP contribution < -0.4 is 5.73 Å². The summed E-state index contributed by atoms with van der Waals surface area (Å²) in [4.78, 5) is 5.36. The highest BCUT2D eigenvalue weighted by molar-refractivity contribution is 4.88. The molecular weight excluding hydrogens is 222 g/mol. The van der Waals surface area contributed by atoms with Crippen LogP contribution in [0, 0.1) is 5.92 Å². The number of nitrogens with zero attached hydrogens (tertiary/aromatic N) is 2. The first-order valence-corrected chi connectivity index (χ1v) is 7.94.